The van der Waals surface area contributed by atoms with Crippen LogP contribution in [0, 0.1) is 5.92 Å². The van der Waals surface area contributed by atoms with E-state index in [9.17, 15) is 0 Å². The summed E-state index contributed by atoms with van der Waals surface area (Å²) in [5, 5.41) is 3.38. The molecule has 0 amide bonds. The van der Waals surface area contributed by atoms with Crippen molar-refractivity contribution in [2.75, 3.05) is 26.2 Å². The van der Waals surface area contributed by atoms with Crippen LogP contribution < -0.4 is 15.8 Å². The number of ether oxygens (including phenoxy) is 1. The average Bonchev–Trinajstić information content (AvgIpc) is 3.32. The maximum Gasteiger partial charge on any atom is 0.189 e. The number of para-hydroxylation sites is 1. The third-order valence-corrected chi connectivity index (χ3v) is 5.18. The Bertz CT molecular complexity index is 590. The minimum absolute atomic E-state index is 0. The van der Waals surface area contributed by atoms with Gasteiger partial charge >= 0.3 is 0 Å². The molecule has 4 rings (SSSR count). The number of nitrogens with one attached hydrogen (secondary N) is 1. The van der Waals surface area contributed by atoms with Crippen LogP contribution in [0.4, 0.5) is 0 Å². The minimum Gasteiger partial charge on any atom is -0.493 e. The predicted molar refractivity (Wildman–Crippen MR) is 107 cm³/mol. The number of halogens is 1. The van der Waals surface area contributed by atoms with Gasteiger partial charge in [-0.25, -0.2) is 0 Å². The van der Waals surface area contributed by atoms with Crippen molar-refractivity contribution in [3.8, 4) is 5.75 Å². The van der Waals surface area contributed by atoms with Crippen molar-refractivity contribution in [3.05, 3.63) is 29.8 Å². The summed E-state index contributed by atoms with van der Waals surface area (Å²) in [6.07, 6.45) is 4.96. The van der Waals surface area contributed by atoms with Gasteiger partial charge in [-0.05, 0) is 37.8 Å². The van der Waals surface area contributed by atoms with Crippen LogP contribution in [0.2, 0.25) is 0 Å². The lowest BCUT2D eigenvalue weighted by Gasteiger charge is -2.27. The number of guanidine groups is 1. The molecule has 2 unspecified atom stereocenters. The molecular weight excluding hydrogens is 415 g/mol. The zero-order chi connectivity index (χ0) is 15.6. The number of rotatable bonds is 4. The summed E-state index contributed by atoms with van der Waals surface area (Å²) in [7, 11) is 0. The normalized spacial score (nSPS) is 27.1. The highest BCUT2D eigenvalue weighted by Gasteiger charge is 2.34. The van der Waals surface area contributed by atoms with E-state index >= 15 is 0 Å². The highest BCUT2D eigenvalue weighted by molar-refractivity contribution is 14.0. The lowest BCUT2D eigenvalue weighted by molar-refractivity contribution is 0.262. The quantitative estimate of drug-likeness (QED) is 0.428. The third-order valence-electron chi connectivity index (χ3n) is 5.18. The highest BCUT2D eigenvalue weighted by Crippen LogP contribution is 2.32. The van der Waals surface area contributed by atoms with Crippen molar-refractivity contribution < 1.29 is 4.74 Å². The Morgan fingerprint density at radius 3 is 2.92 bits per heavy atom. The summed E-state index contributed by atoms with van der Waals surface area (Å²) < 4.78 is 5.69. The van der Waals surface area contributed by atoms with Crippen molar-refractivity contribution in [2.24, 2.45) is 16.6 Å². The summed E-state index contributed by atoms with van der Waals surface area (Å²) in [6, 6.07) is 9.24. The first-order chi connectivity index (χ1) is 11.3. The number of nitrogens with two attached hydrogens (primary N) is 1. The van der Waals surface area contributed by atoms with Crippen molar-refractivity contribution >= 4 is 29.9 Å². The van der Waals surface area contributed by atoms with Gasteiger partial charge in [0.25, 0.3) is 0 Å². The number of hydrogen-bond donors (Lipinski definition) is 2. The van der Waals surface area contributed by atoms with E-state index in [1.807, 2.05) is 18.2 Å². The predicted octanol–water partition coefficient (Wildman–Crippen LogP) is 2.52. The van der Waals surface area contributed by atoms with Crippen LogP contribution in [0.1, 0.15) is 37.3 Å². The molecule has 2 fully saturated rings. The van der Waals surface area contributed by atoms with Crippen LogP contribution in [0.15, 0.2) is 29.3 Å². The highest BCUT2D eigenvalue weighted by atomic mass is 127. The molecule has 6 heteroatoms. The van der Waals surface area contributed by atoms with Gasteiger partial charge in [0.1, 0.15) is 5.75 Å². The summed E-state index contributed by atoms with van der Waals surface area (Å²) in [5.41, 5.74) is 7.31. The van der Waals surface area contributed by atoms with E-state index in [-0.39, 0.29) is 30.0 Å². The second-order valence-electron chi connectivity index (χ2n) is 6.98. The second kappa shape index (κ2) is 7.91. The molecule has 3 aliphatic rings. The first-order valence-electron chi connectivity index (χ1n) is 8.82. The standard InChI is InChI=1S/C18H26N4O.HI/c19-18(20-11-13-7-9-22(12-13)14-5-6-14)21-16-8-10-23-17-4-2-1-3-15(16)17;/h1-4,13-14,16H,5-12H2,(H3,19,20,21);1H. The van der Waals surface area contributed by atoms with Gasteiger partial charge in [0.2, 0.25) is 0 Å². The molecule has 1 saturated carbocycles. The molecule has 1 saturated heterocycles. The first-order valence-corrected chi connectivity index (χ1v) is 8.82. The minimum atomic E-state index is 0. The Morgan fingerprint density at radius 2 is 2.08 bits per heavy atom. The second-order valence-corrected chi connectivity index (χ2v) is 6.98. The van der Waals surface area contributed by atoms with E-state index in [1.165, 1.54) is 37.9 Å². The van der Waals surface area contributed by atoms with Crippen LogP contribution >= 0.6 is 24.0 Å². The molecule has 2 atom stereocenters. The van der Waals surface area contributed by atoms with Crippen LogP contribution in [0.3, 0.4) is 0 Å². The van der Waals surface area contributed by atoms with E-state index in [1.54, 1.807) is 0 Å². The number of hydrogen-bond acceptors (Lipinski definition) is 3. The lowest BCUT2D eigenvalue weighted by atomic mass is 10.0. The van der Waals surface area contributed by atoms with E-state index in [4.69, 9.17) is 10.5 Å². The SMILES string of the molecule is I.NC(=NCC1CCN(C2CC2)C1)NC1CCOc2ccccc21. The van der Waals surface area contributed by atoms with Crippen LogP contribution in [-0.2, 0) is 0 Å². The smallest absolute Gasteiger partial charge is 0.189 e. The molecule has 3 N–H and O–H groups in total. The number of aliphatic imine (C=N–C) groups is 1. The molecule has 5 nitrogen and oxygen atoms in total. The summed E-state index contributed by atoms with van der Waals surface area (Å²) in [4.78, 5) is 7.23. The van der Waals surface area contributed by atoms with E-state index in [2.05, 4.69) is 21.3 Å². The zero-order valence-electron chi connectivity index (χ0n) is 14.0. The summed E-state index contributed by atoms with van der Waals surface area (Å²) >= 11 is 0. The Hall–Kier alpha value is -1.02. The Balaban J connectivity index is 0.00000169. The molecule has 0 radical (unpaired) electrons. The number of likely N-dealkylation sites (tertiary alicyclic amines) is 1. The Kier molecular flexibility index (Phi) is 5.86. The van der Waals surface area contributed by atoms with Gasteiger partial charge in [0.15, 0.2) is 5.96 Å². The number of nitrogens with zero attached hydrogens (tertiary/aromatic N) is 2. The van der Waals surface area contributed by atoms with Gasteiger partial charge in [-0.2, -0.15) is 0 Å². The van der Waals surface area contributed by atoms with Gasteiger partial charge in [-0.1, -0.05) is 18.2 Å². The van der Waals surface area contributed by atoms with Crippen molar-refractivity contribution in [2.45, 2.75) is 37.8 Å². The van der Waals surface area contributed by atoms with Gasteiger partial charge in [0, 0.05) is 31.1 Å². The molecule has 1 aliphatic carbocycles. The Morgan fingerprint density at radius 1 is 1.25 bits per heavy atom. The maximum absolute atomic E-state index is 6.13. The molecule has 0 spiro atoms. The molecule has 24 heavy (non-hydrogen) atoms. The van der Waals surface area contributed by atoms with Gasteiger partial charge < -0.3 is 20.7 Å². The fourth-order valence-corrected chi connectivity index (χ4v) is 3.73. The van der Waals surface area contributed by atoms with Gasteiger partial charge in [-0.3, -0.25) is 4.99 Å². The van der Waals surface area contributed by atoms with Crippen molar-refractivity contribution in [1.82, 2.24) is 10.2 Å². The van der Waals surface area contributed by atoms with Crippen molar-refractivity contribution in [3.63, 3.8) is 0 Å². The van der Waals surface area contributed by atoms with Gasteiger partial charge in [-0.15, -0.1) is 24.0 Å². The van der Waals surface area contributed by atoms with E-state index in [0.29, 0.717) is 11.9 Å². The molecular formula is C18H27IN4O. The molecule has 2 aliphatic heterocycles. The fourth-order valence-electron chi connectivity index (χ4n) is 3.73. The fraction of sp³-hybridized carbons (Fsp3) is 0.611. The molecule has 2 heterocycles. The summed E-state index contributed by atoms with van der Waals surface area (Å²) in [6.45, 7) is 4.00. The summed E-state index contributed by atoms with van der Waals surface area (Å²) in [5.74, 6) is 2.19. The molecule has 0 bridgehead atoms. The molecule has 132 valence electrons. The topological polar surface area (TPSA) is 62.9 Å². The van der Waals surface area contributed by atoms with Gasteiger partial charge in [0.05, 0.1) is 12.6 Å². The van der Waals surface area contributed by atoms with Crippen LogP contribution in [-0.4, -0.2) is 43.1 Å². The average molecular weight is 442 g/mol. The maximum atomic E-state index is 6.13. The van der Waals surface area contributed by atoms with Crippen molar-refractivity contribution in [1.29, 1.82) is 0 Å². The zero-order valence-corrected chi connectivity index (χ0v) is 16.3. The molecule has 1 aromatic carbocycles. The first kappa shape index (κ1) is 17.8. The Labute approximate surface area is 161 Å². The van der Waals surface area contributed by atoms with Crippen LogP contribution in [0.25, 0.3) is 0 Å². The monoisotopic (exact) mass is 442 g/mol. The largest absolute Gasteiger partial charge is 0.493 e. The number of benzene rings is 1. The van der Waals surface area contributed by atoms with E-state index in [0.717, 1.165) is 31.4 Å². The lowest BCUT2D eigenvalue weighted by Crippen LogP contribution is -2.37. The van der Waals surface area contributed by atoms with E-state index < -0.39 is 0 Å². The number of fused-ring (bicyclic) bond motifs is 1. The van der Waals surface area contributed by atoms with Crippen LogP contribution in [0.5, 0.6) is 5.75 Å². The molecule has 0 aromatic heterocycles. The third kappa shape index (κ3) is 4.14. The molecule has 1 aromatic rings.